The van der Waals surface area contributed by atoms with Crippen molar-refractivity contribution in [1.29, 1.82) is 0 Å². The molecule has 3 rings (SSSR count). The van der Waals surface area contributed by atoms with Gasteiger partial charge in [-0.3, -0.25) is 0 Å². The molecule has 0 fully saturated rings. The van der Waals surface area contributed by atoms with E-state index in [9.17, 15) is 9.59 Å². The number of ether oxygens (including phenoxy) is 4. The quantitative estimate of drug-likeness (QED) is 0.800. The van der Waals surface area contributed by atoms with Gasteiger partial charge in [0.2, 0.25) is 6.79 Å². The molecule has 1 aliphatic rings. The van der Waals surface area contributed by atoms with Crippen LogP contribution in [0.4, 0.5) is 0 Å². The maximum absolute atomic E-state index is 12.2. The lowest BCUT2D eigenvalue weighted by molar-refractivity contribution is 0.0517. The first-order valence-corrected chi connectivity index (χ1v) is 6.86. The zero-order chi connectivity index (χ0) is 15.7. The van der Waals surface area contributed by atoms with E-state index in [0.29, 0.717) is 16.9 Å². The number of hydrogen-bond donors (Lipinski definition) is 0. The van der Waals surface area contributed by atoms with Gasteiger partial charge in [-0.05, 0) is 26.0 Å². The molecule has 7 heteroatoms. The highest BCUT2D eigenvalue weighted by molar-refractivity contribution is 6.06. The van der Waals surface area contributed by atoms with E-state index in [1.165, 1.54) is 6.07 Å². The highest BCUT2D eigenvalue weighted by Crippen LogP contribution is 2.38. The van der Waals surface area contributed by atoms with Crippen molar-refractivity contribution in [1.82, 2.24) is 0 Å². The summed E-state index contributed by atoms with van der Waals surface area (Å²) in [7, 11) is 0. The van der Waals surface area contributed by atoms with E-state index in [0.717, 1.165) is 0 Å². The van der Waals surface area contributed by atoms with Crippen LogP contribution < -0.4 is 19.8 Å². The molecular weight excluding hydrogens is 292 g/mol. The summed E-state index contributed by atoms with van der Waals surface area (Å²) < 4.78 is 25.9. The summed E-state index contributed by atoms with van der Waals surface area (Å²) in [6, 6.07) is 3.05. The van der Waals surface area contributed by atoms with Crippen LogP contribution in [0.3, 0.4) is 0 Å². The van der Waals surface area contributed by atoms with Gasteiger partial charge in [0.25, 0.3) is 0 Å². The Labute approximate surface area is 125 Å². The SMILES string of the molecule is CCOC(=O)c1c(OCC)oc(=O)c2cc3c(cc12)OCO3. The van der Waals surface area contributed by atoms with E-state index in [1.807, 2.05) is 0 Å². The normalized spacial score (nSPS) is 12.5. The van der Waals surface area contributed by atoms with Gasteiger partial charge in [-0.25, -0.2) is 9.59 Å². The molecule has 1 aromatic heterocycles. The van der Waals surface area contributed by atoms with Crippen molar-refractivity contribution in [3.63, 3.8) is 0 Å². The number of benzene rings is 1. The molecule has 22 heavy (non-hydrogen) atoms. The Bertz CT molecular complexity index is 791. The van der Waals surface area contributed by atoms with Gasteiger partial charge < -0.3 is 23.4 Å². The van der Waals surface area contributed by atoms with Crippen LogP contribution in [0.15, 0.2) is 21.3 Å². The number of carbonyl (C=O) groups excluding carboxylic acids is 1. The smallest absolute Gasteiger partial charge is 0.346 e. The molecular formula is C15H14O7. The molecule has 0 saturated heterocycles. The summed E-state index contributed by atoms with van der Waals surface area (Å²) in [5, 5.41) is 0.554. The number of hydrogen-bond acceptors (Lipinski definition) is 7. The van der Waals surface area contributed by atoms with Crippen LogP contribution in [0.5, 0.6) is 17.4 Å². The van der Waals surface area contributed by atoms with Gasteiger partial charge in [-0.15, -0.1) is 0 Å². The molecule has 0 amide bonds. The second kappa shape index (κ2) is 5.59. The van der Waals surface area contributed by atoms with E-state index in [4.69, 9.17) is 23.4 Å². The average molecular weight is 306 g/mol. The lowest BCUT2D eigenvalue weighted by Gasteiger charge is -2.10. The molecule has 116 valence electrons. The number of carbonyl (C=O) groups is 1. The van der Waals surface area contributed by atoms with Gasteiger partial charge in [-0.2, -0.15) is 0 Å². The second-order valence-electron chi connectivity index (χ2n) is 4.46. The molecule has 0 bridgehead atoms. The van der Waals surface area contributed by atoms with Crippen LogP contribution in [0.25, 0.3) is 10.8 Å². The Kier molecular flexibility index (Phi) is 3.62. The van der Waals surface area contributed by atoms with Gasteiger partial charge >= 0.3 is 17.5 Å². The van der Waals surface area contributed by atoms with Crippen LogP contribution in [-0.2, 0) is 4.74 Å². The third kappa shape index (κ3) is 2.24. The van der Waals surface area contributed by atoms with Crippen molar-refractivity contribution in [2.24, 2.45) is 0 Å². The van der Waals surface area contributed by atoms with Gasteiger partial charge in [0.15, 0.2) is 11.5 Å². The Morgan fingerprint density at radius 2 is 1.82 bits per heavy atom. The predicted octanol–water partition coefficient (Wildman–Crippen LogP) is 2.10. The van der Waals surface area contributed by atoms with Crippen molar-refractivity contribution in [3.05, 3.63) is 28.1 Å². The van der Waals surface area contributed by atoms with E-state index in [2.05, 4.69) is 0 Å². The summed E-state index contributed by atoms with van der Waals surface area (Å²) in [5.74, 6) is 0.0979. The molecule has 0 aliphatic carbocycles. The zero-order valence-electron chi connectivity index (χ0n) is 12.1. The first-order valence-electron chi connectivity index (χ1n) is 6.86. The van der Waals surface area contributed by atoms with Crippen molar-refractivity contribution >= 4 is 16.7 Å². The fourth-order valence-corrected chi connectivity index (χ4v) is 2.25. The molecule has 2 heterocycles. The zero-order valence-corrected chi connectivity index (χ0v) is 12.1. The molecule has 0 unspecified atom stereocenters. The lowest BCUT2D eigenvalue weighted by atomic mass is 10.1. The maximum Gasteiger partial charge on any atom is 0.346 e. The summed E-state index contributed by atoms with van der Waals surface area (Å²) >= 11 is 0. The largest absolute Gasteiger partial charge is 0.465 e. The Hall–Kier alpha value is -2.70. The lowest BCUT2D eigenvalue weighted by Crippen LogP contribution is -2.13. The average Bonchev–Trinajstić information content (AvgIpc) is 2.93. The number of rotatable bonds is 4. The fourth-order valence-electron chi connectivity index (χ4n) is 2.25. The molecule has 0 atom stereocenters. The topological polar surface area (TPSA) is 84.2 Å². The van der Waals surface area contributed by atoms with Crippen LogP contribution >= 0.6 is 0 Å². The van der Waals surface area contributed by atoms with Gasteiger partial charge in [0.1, 0.15) is 5.56 Å². The molecule has 0 radical (unpaired) electrons. The van der Waals surface area contributed by atoms with Crippen molar-refractivity contribution < 1.29 is 28.2 Å². The fraction of sp³-hybridized carbons (Fsp3) is 0.333. The molecule has 2 aromatic rings. The monoisotopic (exact) mass is 306 g/mol. The molecule has 7 nitrogen and oxygen atoms in total. The van der Waals surface area contributed by atoms with Crippen LogP contribution in [0.1, 0.15) is 24.2 Å². The summed E-state index contributed by atoms with van der Waals surface area (Å²) in [5.41, 5.74) is -0.554. The minimum Gasteiger partial charge on any atom is -0.465 e. The van der Waals surface area contributed by atoms with Gasteiger partial charge in [0, 0.05) is 5.39 Å². The second-order valence-corrected chi connectivity index (χ2v) is 4.46. The first-order chi connectivity index (χ1) is 10.7. The Morgan fingerprint density at radius 3 is 2.45 bits per heavy atom. The number of fused-ring (bicyclic) bond motifs is 2. The molecule has 1 aliphatic heterocycles. The standard InChI is InChI=1S/C15H14O7/c1-3-18-14(17)12-8-5-10-11(21-7-20-10)6-9(8)13(16)22-15(12)19-4-2/h5-6H,3-4,7H2,1-2H3. The molecule has 1 aromatic carbocycles. The van der Waals surface area contributed by atoms with E-state index in [-0.39, 0.29) is 36.9 Å². The first kappa shape index (κ1) is 14.2. The summed E-state index contributed by atoms with van der Waals surface area (Å²) in [4.78, 5) is 24.3. The van der Waals surface area contributed by atoms with Crippen LogP contribution in [0.2, 0.25) is 0 Å². The number of esters is 1. The summed E-state index contributed by atoms with van der Waals surface area (Å²) in [6.07, 6.45) is 0. The minimum atomic E-state index is -0.626. The van der Waals surface area contributed by atoms with Crippen molar-refractivity contribution in [2.75, 3.05) is 20.0 Å². The maximum atomic E-state index is 12.2. The molecule has 0 saturated carbocycles. The van der Waals surface area contributed by atoms with Gasteiger partial charge in [0.05, 0.1) is 18.6 Å². The summed E-state index contributed by atoms with van der Waals surface area (Å²) in [6.45, 7) is 3.90. The van der Waals surface area contributed by atoms with E-state index < -0.39 is 11.6 Å². The third-order valence-electron chi connectivity index (χ3n) is 3.15. The van der Waals surface area contributed by atoms with E-state index in [1.54, 1.807) is 19.9 Å². The van der Waals surface area contributed by atoms with E-state index >= 15 is 0 Å². The Balaban J connectivity index is 2.31. The highest BCUT2D eigenvalue weighted by atomic mass is 16.7. The van der Waals surface area contributed by atoms with Crippen LogP contribution in [-0.4, -0.2) is 26.0 Å². The highest BCUT2D eigenvalue weighted by Gasteiger charge is 2.26. The molecule has 0 N–H and O–H groups in total. The molecule has 0 spiro atoms. The predicted molar refractivity (Wildman–Crippen MR) is 75.7 cm³/mol. The van der Waals surface area contributed by atoms with Crippen molar-refractivity contribution in [3.8, 4) is 17.4 Å². The third-order valence-corrected chi connectivity index (χ3v) is 3.15. The van der Waals surface area contributed by atoms with Crippen molar-refractivity contribution in [2.45, 2.75) is 13.8 Å². The van der Waals surface area contributed by atoms with Crippen LogP contribution in [0, 0.1) is 0 Å². The van der Waals surface area contributed by atoms with Gasteiger partial charge in [-0.1, -0.05) is 0 Å². The Morgan fingerprint density at radius 1 is 1.14 bits per heavy atom. The minimum absolute atomic E-state index is 0.0596.